The topological polar surface area (TPSA) is 0 Å². The molecule has 0 fully saturated rings. The molecule has 4 aromatic rings. The van der Waals surface area contributed by atoms with Gasteiger partial charge in [-0.3, -0.25) is 0 Å². The van der Waals surface area contributed by atoms with Crippen molar-refractivity contribution in [2.24, 2.45) is 17.3 Å². The molecule has 0 aromatic heterocycles. The van der Waals surface area contributed by atoms with Crippen molar-refractivity contribution in [1.29, 1.82) is 0 Å². The number of hydrogen-bond donors (Lipinski definition) is 0. The molecule has 1 unspecified atom stereocenters. The Bertz CT molecular complexity index is 2020. The minimum atomic E-state index is -5.12. The van der Waals surface area contributed by atoms with Gasteiger partial charge in [-0.1, -0.05) is 0 Å². The van der Waals surface area contributed by atoms with Crippen LogP contribution in [-0.2, 0) is 35.5 Å². The van der Waals surface area contributed by atoms with Gasteiger partial charge in [0.05, 0.1) is 0 Å². The van der Waals surface area contributed by atoms with Crippen LogP contribution in [0.15, 0.2) is 99.9 Å². The Hall–Kier alpha value is -2.31. The number of rotatable bonds is 5. The third kappa shape index (κ3) is 6.72. The van der Waals surface area contributed by atoms with Gasteiger partial charge in [-0.15, -0.1) is 24.8 Å². The van der Waals surface area contributed by atoms with Gasteiger partial charge >= 0.3 is 301 Å². The van der Waals surface area contributed by atoms with E-state index in [1.165, 1.54) is 56.6 Å². The van der Waals surface area contributed by atoms with Gasteiger partial charge in [0.2, 0.25) is 0 Å². The van der Waals surface area contributed by atoms with Crippen LogP contribution in [0.4, 0.5) is 0 Å². The summed E-state index contributed by atoms with van der Waals surface area (Å²) in [5.41, 5.74) is 12.7. The predicted molar refractivity (Wildman–Crippen MR) is 229 cm³/mol. The molecule has 0 amide bonds. The second kappa shape index (κ2) is 13.8. The Morgan fingerprint density at radius 3 is 1.61 bits per heavy atom. The van der Waals surface area contributed by atoms with E-state index < -0.39 is 18.3 Å². The molecule has 0 radical (unpaired) electrons. The number of benzene rings is 4. The van der Waals surface area contributed by atoms with Crippen LogP contribution >= 0.6 is 24.8 Å². The third-order valence-electron chi connectivity index (χ3n) is 11.9. The van der Waals surface area contributed by atoms with Crippen LogP contribution in [0, 0.1) is 31.1 Å². The molecule has 0 aliphatic heterocycles. The zero-order valence-electron chi connectivity index (χ0n) is 33.5. The molecule has 2 aliphatic carbocycles. The zero-order chi connectivity index (χ0) is 35.9. The first-order valence-electron chi connectivity index (χ1n) is 18.6. The van der Waals surface area contributed by atoms with E-state index in [4.69, 9.17) is 4.21 Å². The van der Waals surface area contributed by atoms with Crippen molar-refractivity contribution in [2.75, 3.05) is 0 Å². The second-order valence-electron chi connectivity index (χ2n) is 19.0. The second-order valence-corrected chi connectivity index (χ2v) is 31.6. The van der Waals surface area contributed by atoms with E-state index >= 15 is 0 Å². The van der Waals surface area contributed by atoms with Crippen LogP contribution < -0.4 is 9.81 Å². The number of halogens is 2. The van der Waals surface area contributed by atoms with Crippen LogP contribution in [0.1, 0.15) is 110 Å². The van der Waals surface area contributed by atoms with Gasteiger partial charge < -0.3 is 0 Å². The molecule has 0 spiro atoms. The van der Waals surface area contributed by atoms with Crippen molar-refractivity contribution in [3.63, 3.8) is 0 Å². The Balaban J connectivity index is 0.00000292. The summed E-state index contributed by atoms with van der Waals surface area (Å²) >= 11 is -5.12. The summed E-state index contributed by atoms with van der Waals surface area (Å²) in [5, 5.41) is 0. The van der Waals surface area contributed by atoms with E-state index in [-0.39, 0.29) is 41.1 Å². The molecule has 272 valence electrons. The van der Waals surface area contributed by atoms with Crippen molar-refractivity contribution in [3.8, 4) is 11.1 Å². The quantitative estimate of drug-likeness (QED) is 0.166. The average molecular weight is 801 g/mol. The summed E-state index contributed by atoms with van der Waals surface area (Å²) < 4.78 is 12.0. The van der Waals surface area contributed by atoms with Gasteiger partial charge in [-0.2, -0.15) is 0 Å². The summed E-state index contributed by atoms with van der Waals surface area (Å²) in [6.07, 6.45) is 6.24. The molecule has 0 bridgehead atoms. The molecule has 6 rings (SSSR count). The molecule has 3 heteroatoms. The normalized spacial score (nSPS) is 16.2. The SMILES string of the molecule is Cl.Cl.[CH2]=[Zr]([C]1=CC(C(C)(C)C)=CC1C(C)C)([c]1ccc(C)cc1)([c]1ccc(C)cc1)[c]1c(C(C)(C)C)ccc2c1Cc1cc(C(C)(C)C)ccc1-2. The first-order chi connectivity index (χ1) is 22.7. The molecule has 1 atom stereocenters. The van der Waals surface area contributed by atoms with Gasteiger partial charge in [0.25, 0.3) is 0 Å². The van der Waals surface area contributed by atoms with Gasteiger partial charge in [0.15, 0.2) is 0 Å². The molecule has 0 heterocycles. The van der Waals surface area contributed by atoms with E-state index in [0.717, 1.165) is 6.42 Å². The van der Waals surface area contributed by atoms with Crippen LogP contribution in [-0.4, -0.2) is 4.21 Å². The summed E-state index contributed by atoms with van der Waals surface area (Å²) in [7, 11) is 0. The van der Waals surface area contributed by atoms with E-state index in [0.29, 0.717) is 11.8 Å². The molecular formula is C48H62Cl2Zr. The van der Waals surface area contributed by atoms with E-state index in [9.17, 15) is 0 Å². The minimum absolute atomic E-state index is 0. The van der Waals surface area contributed by atoms with Crippen molar-refractivity contribution < 1.29 is 18.3 Å². The van der Waals surface area contributed by atoms with Crippen LogP contribution in [0.25, 0.3) is 11.1 Å². The Labute approximate surface area is 323 Å². The first-order valence-corrected chi connectivity index (χ1v) is 25.2. The standard InChI is InChI=1S/C21H25.C12H19.2C7H7.CH2.2ClH.Zr/c1-20(2,3)16-7-9-18-14(12-16)11-15-13-17(21(4,5)6)8-10-19(15)18;1-9(2)10-6-7-11(8-10)12(3,4)5;2*1-7-5-3-2-4-6-7;;;;/h7-10,12H,11H2,1-6H3;7-10H,1-5H3;2*3-6H,1H3;1H2;2*1H;. The number of allylic oxidation sites excluding steroid dienone is 4. The fraction of sp³-hybridized carbons (Fsp3) is 0.396. The number of fused-ring (bicyclic) bond motifs is 3. The molecule has 0 N–H and O–H groups in total. The van der Waals surface area contributed by atoms with E-state index in [2.05, 4.69) is 181 Å². The summed E-state index contributed by atoms with van der Waals surface area (Å²) in [4.78, 5) is 0. The summed E-state index contributed by atoms with van der Waals surface area (Å²) in [5.74, 6) is 0.748. The zero-order valence-corrected chi connectivity index (χ0v) is 37.6. The van der Waals surface area contributed by atoms with Crippen molar-refractivity contribution in [3.05, 3.63) is 133 Å². The molecule has 0 saturated carbocycles. The van der Waals surface area contributed by atoms with Crippen LogP contribution in [0.5, 0.6) is 0 Å². The molecule has 0 saturated heterocycles. The summed E-state index contributed by atoms with van der Waals surface area (Å²) in [6.45, 7) is 30.7. The third-order valence-corrected chi connectivity index (χ3v) is 28.3. The van der Waals surface area contributed by atoms with Gasteiger partial charge in [-0.05, 0) is 0 Å². The predicted octanol–water partition coefficient (Wildman–Crippen LogP) is 11.9. The Morgan fingerprint density at radius 1 is 0.647 bits per heavy atom. The maximum absolute atomic E-state index is 5.98. The van der Waals surface area contributed by atoms with E-state index in [1.807, 2.05) is 0 Å². The Kier molecular flexibility index (Phi) is 11.2. The fourth-order valence-electron chi connectivity index (χ4n) is 8.91. The van der Waals surface area contributed by atoms with Crippen molar-refractivity contribution in [1.82, 2.24) is 0 Å². The molecule has 0 nitrogen and oxygen atoms in total. The monoisotopic (exact) mass is 798 g/mol. The average Bonchev–Trinajstić information content (AvgIpc) is 3.63. The molecular weight excluding hydrogens is 739 g/mol. The number of aryl methyl sites for hydroxylation is 2. The Morgan fingerprint density at radius 2 is 1.16 bits per heavy atom. The number of hydrogen-bond acceptors (Lipinski definition) is 0. The van der Waals surface area contributed by atoms with Crippen LogP contribution in [0.3, 0.4) is 0 Å². The van der Waals surface area contributed by atoms with Crippen molar-refractivity contribution in [2.45, 2.75) is 107 Å². The fourth-order valence-corrected chi connectivity index (χ4v) is 26.7. The van der Waals surface area contributed by atoms with Crippen molar-refractivity contribution >= 4 is 38.8 Å². The van der Waals surface area contributed by atoms with Gasteiger partial charge in [-0.25, -0.2) is 0 Å². The van der Waals surface area contributed by atoms with E-state index in [1.54, 1.807) is 6.55 Å². The van der Waals surface area contributed by atoms with Gasteiger partial charge in [0.1, 0.15) is 0 Å². The molecule has 4 aromatic carbocycles. The maximum atomic E-state index is 5.98. The molecule has 2 aliphatic rings. The van der Waals surface area contributed by atoms with Crippen LogP contribution in [0.2, 0.25) is 0 Å². The first kappa shape index (κ1) is 41.4. The van der Waals surface area contributed by atoms with Gasteiger partial charge in [0, 0.05) is 0 Å². The summed E-state index contributed by atoms with van der Waals surface area (Å²) in [6, 6.07) is 31.6. The molecule has 51 heavy (non-hydrogen) atoms.